The van der Waals surface area contributed by atoms with Gasteiger partial charge in [-0.15, -0.1) is 0 Å². The average Bonchev–Trinajstić information content (AvgIpc) is 1.66. The number of piperazine rings is 4. The lowest BCUT2D eigenvalue weighted by molar-refractivity contribution is -0.217. The summed E-state index contributed by atoms with van der Waals surface area (Å²) in [5.74, 6) is 4.05. The molecule has 7 unspecified atom stereocenters. The van der Waals surface area contributed by atoms with Crippen LogP contribution in [0, 0.1) is 17.8 Å². The highest BCUT2D eigenvalue weighted by Crippen LogP contribution is 2.46. The fourth-order valence-electron chi connectivity index (χ4n) is 19.3. The van der Waals surface area contributed by atoms with E-state index in [9.17, 15) is 19.2 Å². The van der Waals surface area contributed by atoms with Crippen molar-refractivity contribution in [3.05, 3.63) is 97.1 Å². The first-order valence-electron chi connectivity index (χ1n) is 44.6. The van der Waals surface area contributed by atoms with Crippen molar-refractivity contribution in [1.82, 2.24) is 19.6 Å². The highest BCUT2D eigenvalue weighted by Gasteiger charge is 2.50. The van der Waals surface area contributed by atoms with Gasteiger partial charge in [0.05, 0.1) is 26.4 Å². The van der Waals surface area contributed by atoms with Crippen molar-refractivity contribution in [3.8, 4) is 23.0 Å². The van der Waals surface area contributed by atoms with E-state index in [1.807, 2.05) is 68.1 Å². The molecule has 4 saturated carbocycles. The number of hydrogen-bond acceptors (Lipinski definition) is 20. The summed E-state index contributed by atoms with van der Waals surface area (Å²) in [4.78, 5) is 62.7. The van der Waals surface area contributed by atoms with Gasteiger partial charge in [0, 0.05) is 192 Å². The molecule has 8 saturated heterocycles. The smallest absolute Gasteiger partial charge is 0.219 e. The van der Waals surface area contributed by atoms with Crippen LogP contribution in [0.4, 0.5) is 22.7 Å². The van der Waals surface area contributed by atoms with Gasteiger partial charge in [0.1, 0.15) is 73.8 Å². The molecule has 4 aromatic carbocycles. The van der Waals surface area contributed by atoms with E-state index >= 15 is 0 Å². The molecule has 8 heterocycles. The zero-order valence-electron chi connectivity index (χ0n) is 70.9. The monoisotopic (exact) mass is 1610 g/mol. The van der Waals surface area contributed by atoms with Crippen LogP contribution in [-0.2, 0) is 57.1 Å². The van der Waals surface area contributed by atoms with Crippen molar-refractivity contribution in [1.29, 1.82) is 0 Å². The van der Waals surface area contributed by atoms with Crippen LogP contribution < -0.4 is 38.5 Å². The van der Waals surface area contributed by atoms with Crippen LogP contribution in [-0.4, -0.2) is 248 Å². The Morgan fingerprint density at radius 2 is 0.621 bits per heavy atom. The Morgan fingerprint density at radius 1 is 0.336 bits per heavy atom. The number of carbonyl (C=O) groups excluding carboxylic acids is 4. The van der Waals surface area contributed by atoms with E-state index in [0.29, 0.717) is 70.6 Å². The zero-order valence-corrected chi connectivity index (χ0v) is 70.9. The molecule has 4 amide bonds. The number of carbonyl (C=O) groups is 4. The number of ether oxygens (including phenoxy) is 12. The van der Waals surface area contributed by atoms with E-state index in [1.54, 1.807) is 27.7 Å². The lowest BCUT2D eigenvalue weighted by atomic mass is 9.81. The first-order valence-corrected chi connectivity index (χ1v) is 44.6. The molecular weight excluding hydrogens is 1470 g/mol. The molecule has 0 aromatic heterocycles. The predicted molar refractivity (Wildman–Crippen MR) is 449 cm³/mol. The largest absolute Gasteiger partial charge is 0.491 e. The SMILES string of the molecule is CC(=O)N1CCN(c2ccc(OCC3COC(C)(C4CCCCC4)O3)cc2)CC1.CC(=O)N1CCN(c2ccc(OCC3COC4(CCCC4)O3)cc2)CC1.CCC1(C2CCCCC2)OCC(COc2ccc(N3CCN(C(C)=O)CC3)cc2)O1.CCCC1(C2CCCCC2)OCC(COc2ccc(N3CCN(C(C)=O)CC3)cc2)O1. The van der Waals surface area contributed by atoms with Gasteiger partial charge in [-0.2, -0.15) is 0 Å². The van der Waals surface area contributed by atoms with Crippen molar-refractivity contribution < 1.29 is 76.0 Å². The second-order valence-electron chi connectivity index (χ2n) is 34.3. The number of hydrogen-bond donors (Lipinski definition) is 0. The molecule has 7 atom stereocenters. The first-order chi connectivity index (χ1) is 56.4. The fraction of sp³-hybridized carbons (Fsp3) is 0.696. The third kappa shape index (κ3) is 23.3. The molecule has 0 radical (unpaired) electrons. The minimum Gasteiger partial charge on any atom is -0.491 e. The van der Waals surface area contributed by atoms with E-state index in [4.69, 9.17) is 56.8 Å². The summed E-state index contributed by atoms with van der Waals surface area (Å²) in [7, 11) is 0. The average molecular weight is 1610 g/mol. The van der Waals surface area contributed by atoms with Crippen LogP contribution in [0.5, 0.6) is 23.0 Å². The molecule has 116 heavy (non-hydrogen) atoms. The van der Waals surface area contributed by atoms with Crippen molar-refractivity contribution in [3.63, 3.8) is 0 Å². The van der Waals surface area contributed by atoms with Crippen molar-refractivity contribution >= 4 is 46.4 Å². The summed E-state index contributed by atoms with van der Waals surface area (Å²) < 4.78 is 73.8. The molecule has 12 aliphatic rings. The van der Waals surface area contributed by atoms with Gasteiger partial charge in [-0.25, -0.2) is 0 Å². The molecule has 12 fully saturated rings. The topological polar surface area (TPSA) is 205 Å². The van der Waals surface area contributed by atoms with Crippen LogP contribution >= 0.6 is 0 Å². The maximum atomic E-state index is 11.5. The Labute approximate surface area is 690 Å². The number of benzene rings is 4. The van der Waals surface area contributed by atoms with Crippen molar-refractivity contribution in [2.24, 2.45) is 17.8 Å². The molecular formula is C92H136N8O16. The number of anilines is 4. The molecule has 1 spiro atoms. The maximum Gasteiger partial charge on any atom is 0.219 e. The number of amides is 4. The van der Waals surface area contributed by atoms with Gasteiger partial charge < -0.3 is 96.0 Å². The summed E-state index contributed by atoms with van der Waals surface area (Å²) in [6, 6.07) is 32.9. The summed E-state index contributed by atoms with van der Waals surface area (Å²) in [5, 5.41) is 0. The zero-order chi connectivity index (χ0) is 80.9. The fourth-order valence-corrected chi connectivity index (χ4v) is 19.3. The normalized spacial score (nSPS) is 27.3. The van der Waals surface area contributed by atoms with Gasteiger partial charge in [0.2, 0.25) is 23.6 Å². The highest BCUT2D eigenvalue weighted by atomic mass is 16.8. The van der Waals surface area contributed by atoms with Crippen LogP contribution in [0.1, 0.15) is 190 Å². The van der Waals surface area contributed by atoms with Crippen LogP contribution in [0.15, 0.2) is 97.1 Å². The number of nitrogens with zero attached hydrogens (tertiary/aromatic N) is 8. The van der Waals surface area contributed by atoms with Crippen LogP contribution in [0.25, 0.3) is 0 Å². The first kappa shape index (κ1) is 86.7. The molecule has 0 bridgehead atoms. The van der Waals surface area contributed by atoms with E-state index in [0.717, 1.165) is 160 Å². The van der Waals surface area contributed by atoms with E-state index in [1.165, 1.54) is 132 Å². The molecule has 0 N–H and O–H groups in total. The van der Waals surface area contributed by atoms with Crippen molar-refractivity contribution in [2.45, 2.75) is 237 Å². The second kappa shape index (κ2) is 41.7. The van der Waals surface area contributed by atoms with E-state index < -0.39 is 17.4 Å². The summed E-state index contributed by atoms with van der Waals surface area (Å²) >= 11 is 0. The summed E-state index contributed by atoms with van der Waals surface area (Å²) in [6.07, 6.45) is 26.3. The second-order valence-corrected chi connectivity index (χ2v) is 34.3. The minimum atomic E-state index is -0.444. The van der Waals surface area contributed by atoms with Crippen LogP contribution in [0.3, 0.4) is 0 Å². The number of rotatable bonds is 22. The molecule has 24 heteroatoms. The standard InChI is InChI=1S/C25H38N2O4.C24H36N2O4.C23H34N2O4.C20H28N2O4/c1-3-13-25(21-7-5-4-6-8-21)30-19-24(31-25)18-29-23-11-9-22(10-12-23)27-16-14-26(15-17-27)20(2)28;1-3-24(20-7-5-4-6-8-20)29-18-23(30-24)17-28-22-11-9-21(10-12-22)26-15-13-25(14-16-26)19(2)27;1-18(26)24-12-14-25(15-13-24)20-8-10-21(11-9-20)27-16-22-17-28-23(2,29-22)19-6-4-3-5-7-19;1-16(23)21-10-12-22(13-11-21)17-4-6-18(7-5-17)24-14-19-15-25-20(26-19)8-2-3-9-20/h9-12,21,24H,3-8,13-19H2,1-2H3;9-12,20,23H,3-8,13-18H2,1-2H3;8-11,19,22H,3-7,12-17H2,1-2H3;4-7,19H,2-3,8-15H2,1H3. The van der Waals surface area contributed by atoms with E-state index in [2.05, 4.69) is 88.9 Å². The summed E-state index contributed by atoms with van der Waals surface area (Å²) in [6.45, 7) is 30.8. The molecule has 4 aromatic rings. The van der Waals surface area contributed by atoms with Gasteiger partial charge in [-0.1, -0.05) is 78.1 Å². The van der Waals surface area contributed by atoms with Gasteiger partial charge in [-0.05, 0) is 162 Å². The minimum absolute atomic E-state index is 0.00666. The lowest BCUT2D eigenvalue weighted by Crippen LogP contribution is -2.48. The summed E-state index contributed by atoms with van der Waals surface area (Å²) in [5.41, 5.74) is 4.69. The third-order valence-corrected chi connectivity index (χ3v) is 26.3. The Kier molecular flexibility index (Phi) is 31.2. The molecule has 16 rings (SSSR count). The Hall–Kier alpha value is -7.16. The molecule has 8 aliphatic heterocycles. The maximum absolute atomic E-state index is 11.5. The van der Waals surface area contributed by atoms with E-state index in [-0.39, 0.29) is 53.8 Å². The highest BCUT2D eigenvalue weighted by molar-refractivity contribution is 5.75. The van der Waals surface area contributed by atoms with Gasteiger partial charge >= 0.3 is 0 Å². The van der Waals surface area contributed by atoms with Crippen LogP contribution in [0.2, 0.25) is 0 Å². The third-order valence-electron chi connectivity index (χ3n) is 26.3. The Bertz CT molecular complexity index is 3660. The Morgan fingerprint density at radius 3 is 0.948 bits per heavy atom. The van der Waals surface area contributed by atoms with Gasteiger partial charge in [0.25, 0.3) is 0 Å². The van der Waals surface area contributed by atoms with Gasteiger partial charge in [0.15, 0.2) is 23.1 Å². The quantitative estimate of drug-likeness (QED) is 0.0717. The molecule has 4 aliphatic carbocycles. The van der Waals surface area contributed by atoms with Crippen molar-refractivity contribution in [2.75, 3.05) is 177 Å². The lowest BCUT2D eigenvalue weighted by Gasteiger charge is -2.38. The molecule has 640 valence electrons. The molecule has 24 nitrogen and oxygen atoms in total. The Balaban J connectivity index is 0.000000135. The van der Waals surface area contributed by atoms with Gasteiger partial charge in [-0.3, -0.25) is 19.2 Å². The predicted octanol–water partition coefficient (Wildman–Crippen LogP) is 13.9.